The van der Waals surface area contributed by atoms with Crippen molar-refractivity contribution >= 4 is 23.8 Å². The Balaban J connectivity index is 2.86. The first-order valence-electron chi connectivity index (χ1n) is 11.2. The van der Waals surface area contributed by atoms with Gasteiger partial charge >= 0.3 is 17.9 Å². The second-order valence-electron chi connectivity index (χ2n) is 8.09. The first kappa shape index (κ1) is 28.7. The first-order valence-corrected chi connectivity index (χ1v) is 11.2. The molecule has 33 heavy (non-hydrogen) atoms. The average molecular weight is 475 g/mol. The number of hydrogen-bond donors (Lipinski definition) is 5. The van der Waals surface area contributed by atoms with Gasteiger partial charge in [0.15, 0.2) is 0 Å². The third-order valence-electron chi connectivity index (χ3n) is 5.30. The maximum absolute atomic E-state index is 12.4. The van der Waals surface area contributed by atoms with Crippen molar-refractivity contribution in [2.75, 3.05) is 98.7 Å². The highest BCUT2D eigenvalue weighted by atomic mass is 16.4. The second-order valence-corrected chi connectivity index (χ2v) is 8.09. The van der Waals surface area contributed by atoms with Crippen molar-refractivity contribution in [3.05, 3.63) is 0 Å². The minimum Gasteiger partial charge on any atom is -0.480 e. The van der Waals surface area contributed by atoms with Gasteiger partial charge in [0.05, 0.1) is 26.2 Å². The maximum atomic E-state index is 12.4. The molecular weight excluding hydrogens is 436 g/mol. The molecule has 1 amide bonds. The molecule has 0 radical (unpaired) electrons. The molecule has 0 atom stereocenters. The highest BCUT2D eigenvalue weighted by Crippen LogP contribution is 2.01. The Bertz CT molecular complexity index is 604. The Morgan fingerprint density at radius 3 is 1.24 bits per heavy atom. The van der Waals surface area contributed by atoms with Gasteiger partial charge < -0.3 is 26.0 Å². The number of aliphatic carboxylic acids is 3. The fourth-order valence-corrected chi connectivity index (χ4v) is 3.54. The molecule has 13 heteroatoms. The number of hydrogen-bond acceptors (Lipinski definition) is 9. The van der Waals surface area contributed by atoms with Crippen LogP contribution in [0.4, 0.5) is 0 Å². The predicted molar refractivity (Wildman–Crippen MR) is 120 cm³/mol. The Labute approximate surface area is 194 Å². The maximum Gasteiger partial charge on any atom is 0.317 e. The summed E-state index contributed by atoms with van der Waals surface area (Å²) in [5.74, 6) is -3.09. The number of carboxylic acid groups (broad SMARTS) is 3. The molecule has 0 aromatic heterocycles. The third kappa shape index (κ3) is 14.4. The summed E-state index contributed by atoms with van der Waals surface area (Å²) in [6.07, 6.45) is 0.799. The summed E-state index contributed by atoms with van der Waals surface area (Å²) >= 11 is 0. The van der Waals surface area contributed by atoms with Crippen molar-refractivity contribution in [3.8, 4) is 0 Å². The van der Waals surface area contributed by atoms with Crippen LogP contribution < -0.4 is 10.6 Å². The van der Waals surface area contributed by atoms with Gasteiger partial charge in [-0.3, -0.25) is 38.8 Å². The lowest BCUT2D eigenvalue weighted by Crippen LogP contribution is -2.49. The molecule has 0 unspecified atom stereocenters. The molecule has 190 valence electrons. The second kappa shape index (κ2) is 16.3. The van der Waals surface area contributed by atoms with E-state index in [9.17, 15) is 34.5 Å². The number of amides is 1. The van der Waals surface area contributed by atoms with E-state index in [1.807, 2.05) is 11.9 Å². The minimum atomic E-state index is -0.997. The molecule has 1 saturated heterocycles. The third-order valence-corrected chi connectivity index (χ3v) is 5.30. The van der Waals surface area contributed by atoms with Gasteiger partial charge in [-0.05, 0) is 20.0 Å². The lowest BCUT2D eigenvalue weighted by Gasteiger charge is -2.32. The van der Waals surface area contributed by atoms with Crippen molar-refractivity contribution < 1.29 is 34.5 Å². The molecule has 1 fully saturated rings. The van der Waals surface area contributed by atoms with E-state index in [1.54, 1.807) is 14.7 Å². The Morgan fingerprint density at radius 2 is 0.939 bits per heavy atom. The molecule has 0 aliphatic carbocycles. The van der Waals surface area contributed by atoms with Crippen LogP contribution in [0, 0.1) is 0 Å². The van der Waals surface area contributed by atoms with Gasteiger partial charge in [-0.25, -0.2) is 0 Å². The van der Waals surface area contributed by atoms with Gasteiger partial charge in [-0.2, -0.15) is 0 Å². The SMILES string of the molecule is CNCCCNC(=O)CN1CCN(CC(=O)O)CCN(CC(=O)O)CCN(CC(=O)O)CC1. The number of carbonyl (C=O) groups excluding carboxylic acids is 1. The molecule has 0 aromatic carbocycles. The quantitative estimate of drug-likeness (QED) is 0.185. The smallest absolute Gasteiger partial charge is 0.317 e. The number of carboxylic acids is 3. The summed E-state index contributed by atoms with van der Waals surface area (Å²) in [4.78, 5) is 53.2. The highest BCUT2D eigenvalue weighted by molar-refractivity contribution is 5.78. The monoisotopic (exact) mass is 474 g/mol. The molecule has 1 rings (SSSR count). The van der Waals surface area contributed by atoms with Crippen LogP contribution in [0.25, 0.3) is 0 Å². The summed E-state index contributed by atoms with van der Waals surface area (Å²) in [7, 11) is 1.84. The van der Waals surface area contributed by atoms with Gasteiger partial charge in [0.2, 0.25) is 5.91 Å². The van der Waals surface area contributed by atoms with E-state index in [0.29, 0.717) is 58.9 Å². The zero-order valence-corrected chi connectivity index (χ0v) is 19.4. The van der Waals surface area contributed by atoms with Crippen LogP contribution in [0.1, 0.15) is 6.42 Å². The molecule has 13 nitrogen and oxygen atoms in total. The molecule has 1 aliphatic heterocycles. The molecule has 5 N–H and O–H groups in total. The van der Waals surface area contributed by atoms with E-state index in [0.717, 1.165) is 13.0 Å². The largest absolute Gasteiger partial charge is 0.480 e. The van der Waals surface area contributed by atoms with E-state index in [4.69, 9.17) is 0 Å². The van der Waals surface area contributed by atoms with E-state index in [1.165, 1.54) is 0 Å². The summed E-state index contributed by atoms with van der Waals surface area (Å²) in [5, 5.41) is 33.5. The fourth-order valence-electron chi connectivity index (χ4n) is 3.54. The van der Waals surface area contributed by atoms with Crippen molar-refractivity contribution in [2.24, 2.45) is 0 Å². The van der Waals surface area contributed by atoms with Crippen LogP contribution >= 0.6 is 0 Å². The zero-order valence-electron chi connectivity index (χ0n) is 19.4. The van der Waals surface area contributed by atoms with Crippen LogP contribution in [0.2, 0.25) is 0 Å². The lowest BCUT2D eigenvalue weighted by molar-refractivity contribution is -0.140. The molecule has 0 saturated carbocycles. The number of nitrogens with zero attached hydrogens (tertiary/aromatic N) is 4. The first-order chi connectivity index (χ1) is 15.7. The Hall–Kier alpha value is -2.32. The normalized spacial score (nSPS) is 18.2. The van der Waals surface area contributed by atoms with Crippen LogP contribution in [-0.4, -0.2) is 157 Å². The summed E-state index contributed by atoms with van der Waals surface area (Å²) in [5.41, 5.74) is 0. The molecule has 0 bridgehead atoms. The van der Waals surface area contributed by atoms with Crippen LogP contribution in [0.3, 0.4) is 0 Å². The van der Waals surface area contributed by atoms with E-state index in [-0.39, 0.29) is 32.1 Å². The van der Waals surface area contributed by atoms with Gasteiger partial charge in [0.25, 0.3) is 0 Å². The van der Waals surface area contributed by atoms with Gasteiger partial charge in [-0.1, -0.05) is 0 Å². The predicted octanol–water partition coefficient (Wildman–Crippen LogP) is -2.81. The minimum absolute atomic E-state index is 0.131. The highest BCUT2D eigenvalue weighted by Gasteiger charge is 2.20. The lowest BCUT2D eigenvalue weighted by atomic mass is 10.3. The van der Waals surface area contributed by atoms with Crippen molar-refractivity contribution in [3.63, 3.8) is 0 Å². The van der Waals surface area contributed by atoms with E-state index in [2.05, 4.69) is 10.6 Å². The summed E-state index contributed by atoms with van der Waals surface area (Å²) < 4.78 is 0. The van der Waals surface area contributed by atoms with Crippen LogP contribution in [0.5, 0.6) is 0 Å². The average Bonchev–Trinajstić information content (AvgIpc) is 2.72. The van der Waals surface area contributed by atoms with Crippen molar-refractivity contribution in [2.45, 2.75) is 6.42 Å². The van der Waals surface area contributed by atoms with Crippen LogP contribution in [0.15, 0.2) is 0 Å². The standard InChI is InChI=1S/C20H38N6O7/c1-21-3-2-4-22-17(27)13-23-5-7-24(14-18(28)29)9-11-26(16-20(32)33)12-10-25(8-6-23)15-19(30)31/h21H,2-16H2,1H3,(H,22,27)(H,28,29)(H,30,31)(H,32,33). The van der Waals surface area contributed by atoms with Crippen molar-refractivity contribution in [1.82, 2.24) is 30.2 Å². The summed E-state index contributed by atoms with van der Waals surface area (Å²) in [6.45, 7) is 3.90. The number of carbonyl (C=O) groups is 4. The Kier molecular flexibility index (Phi) is 14.2. The van der Waals surface area contributed by atoms with Gasteiger partial charge in [0.1, 0.15) is 0 Å². The molecule has 1 heterocycles. The number of nitrogens with one attached hydrogen (secondary N) is 2. The fraction of sp³-hybridized carbons (Fsp3) is 0.800. The van der Waals surface area contributed by atoms with Crippen LogP contribution in [-0.2, 0) is 19.2 Å². The van der Waals surface area contributed by atoms with E-state index >= 15 is 0 Å². The van der Waals surface area contributed by atoms with Gasteiger partial charge in [0, 0.05) is 58.9 Å². The topological polar surface area (TPSA) is 166 Å². The van der Waals surface area contributed by atoms with E-state index < -0.39 is 17.9 Å². The zero-order chi connectivity index (χ0) is 24.6. The molecule has 0 aromatic rings. The number of rotatable bonds is 12. The molecule has 1 aliphatic rings. The Morgan fingerprint density at radius 1 is 0.606 bits per heavy atom. The van der Waals surface area contributed by atoms with Gasteiger partial charge in [-0.15, -0.1) is 0 Å². The molecular formula is C20H38N6O7. The summed E-state index contributed by atoms with van der Waals surface area (Å²) in [6, 6.07) is 0. The molecule has 0 spiro atoms. The van der Waals surface area contributed by atoms with Crippen molar-refractivity contribution in [1.29, 1.82) is 0 Å².